The normalized spacial score (nSPS) is 10.2. The number of hydrogen-bond donors (Lipinski definition) is 0. The van der Waals surface area contributed by atoms with Crippen molar-refractivity contribution >= 4 is 31.9 Å². The van der Waals surface area contributed by atoms with Gasteiger partial charge in [0.15, 0.2) is 0 Å². The highest BCUT2D eigenvalue weighted by Gasteiger charge is 2.10. The van der Waals surface area contributed by atoms with Crippen molar-refractivity contribution in [3.8, 4) is 17.6 Å². The summed E-state index contributed by atoms with van der Waals surface area (Å²) in [5.41, 5.74) is 3.65. The molecule has 0 spiro atoms. The molecular formula is C16H13Br2NO. The van der Waals surface area contributed by atoms with E-state index >= 15 is 0 Å². The Morgan fingerprint density at radius 3 is 2.35 bits per heavy atom. The Labute approximate surface area is 135 Å². The molecule has 0 aromatic heterocycles. The molecule has 2 aromatic rings. The maximum Gasteiger partial charge on any atom is 0.133 e. The number of hydrogen-bond acceptors (Lipinski definition) is 2. The molecule has 0 amide bonds. The van der Waals surface area contributed by atoms with Crippen LogP contribution in [-0.4, -0.2) is 0 Å². The van der Waals surface area contributed by atoms with Gasteiger partial charge >= 0.3 is 0 Å². The number of alkyl halides is 1. The van der Waals surface area contributed by atoms with Gasteiger partial charge in [0.25, 0.3) is 0 Å². The van der Waals surface area contributed by atoms with Crippen molar-refractivity contribution in [2.45, 2.75) is 19.2 Å². The van der Waals surface area contributed by atoms with Crippen LogP contribution in [0.15, 0.2) is 34.8 Å². The second kappa shape index (κ2) is 6.43. The van der Waals surface area contributed by atoms with Gasteiger partial charge in [-0.3, -0.25) is 0 Å². The fraction of sp³-hybridized carbons (Fsp3) is 0.188. The second-order valence-electron chi connectivity index (χ2n) is 4.54. The topological polar surface area (TPSA) is 33.0 Å². The number of halogens is 2. The average Bonchev–Trinajstić information content (AvgIpc) is 2.43. The molecule has 0 bridgehead atoms. The summed E-state index contributed by atoms with van der Waals surface area (Å²) in [6.45, 7) is 3.91. The maximum atomic E-state index is 8.98. The second-order valence-corrected chi connectivity index (χ2v) is 6.02. The van der Waals surface area contributed by atoms with Gasteiger partial charge in [0.1, 0.15) is 11.5 Å². The van der Waals surface area contributed by atoms with Crippen molar-refractivity contribution in [1.82, 2.24) is 0 Å². The zero-order valence-electron chi connectivity index (χ0n) is 11.2. The van der Waals surface area contributed by atoms with E-state index in [1.807, 2.05) is 44.2 Å². The summed E-state index contributed by atoms with van der Waals surface area (Å²) in [6, 6.07) is 11.8. The van der Waals surface area contributed by atoms with Gasteiger partial charge in [-0.2, -0.15) is 5.26 Å². The van der Waals surface area contributed by atoms with Crippen molar-refractivity contribution in [2.75, 3.05) is 0 Å². The molecular weight excluding hydrogens is 382 g/mol. The zero-order chi connectivity index (χ0) is 14.7. The van der Waals surface area contributed by atoms with Crippen LogP contribution >= 0.6 is 31.9 Å². The molecule has 0 unspecified atom stereocenters. The van der Waals surface area contributed by atoms with Crippen LogP contribution < -0.4 is 4.74 Å². The van der Waals surface area contributed by atoms with Crippen molar-refractivity contribution < 1.29 is 4.74 Å². The van der Waals surface area contributed by atoms with E-state index in [0.29, 0.717) is 5.56 Å². The first-order valence-corrected chi connectivity index (χ1v) is 8.00. The largest absolute Gasteiger partial charge is 0.456 e. The number of nitriles is 1. The quantitative estimate of drug-likeness (QED) is 0.632. The third-order valence-corrected chi connectivity index (χ3v) is 4.07. The van der Waals surface area contributed by atoms with Crippen LogP contribution in [0.1, 0.15) is 22.3 Å². The minimum Gasteiger partial charge on any atom is -0.456 e. The van der Waals surface area contributed by atoms with Gasteiger partial charge in [0.05, 0.1) is 11.6 Å². The van der Waals surface area contributed by atoms with E-state index in [1.54, 1.807) is 0 Å². The highest BCUT2D eigenvalue weighted by molar-refractivity contribution is 9.10. The molecule has 0 saturated heterocycles. The lowest BCUT2D eigenvalue weighted by atomic mass is 10.1. The Hall–Kier alpha value is -1.31. The fourth-order valence-corrected chi connectivity index (χ4v) is 2.88. The van der Waals surface area contributed by atoms with Gasteiger partial charge < -0.3 is 4.74 Å². The molecule has 0 saturated carbocycles. The van der Waals surface area contributed by atoms with E-state index in [4.69, 9.17) is 10.00 Å². The molecule has 0 aliphatic carbocycles. The van der Waals surface area contributed by atoms with E-state index in [9.17, 15) is 0 Å². The molecule has 0 heterocycles. The average molecular weight is 395 g/mol. The maximum absolute atomic E-state index is 8.98. The standard InChI is InChI=1S/C16H13Br2NO/c1-10-5-12(9-19)6-11(2)16(10)20-15-4-3-14(18)7-13(15)8-17/h3-7H,8H2,1-2H3. The zero-order valence-corrected chi connectivity index (χ0v) is 14.4. The van der Waals surface area contributed by atoms with Crippen molar-refractivity contribution in [3.63, 3.8) is 0 Å². The van der Waals surface area contributed by atoms with E-state index in [0.717, 1.165) is 38.0 Å². The lowest BCUT2D eigenvalue weighted by Gasteiger charge is -2.14. The number of ether oxygens (including phenoxy) is 1. The van der Waals surface area contributed by atoms with Gasteiger partial charge in [-0.1, -0.05) is 31.9 Å². The number of benzene rings is 2. The lowest BCUT2D eigenvalue weighted by Crippen LogP contribution is -1.95. The van der Waals surface area contributed by atoms with E-state index in [1.165, 1.54) is 0 Å². The number of rotatable bonds is 3. The first kappa shape index (κ1) is 15.1. The summed E-state index contributed by atoms with van der Waals surface area (Å²) >= 11 is 6.93. The smallest absolute Gasteiger partial charge is 0.133 e. The molecule has 2 nitrogen and oxygen atoms in total. The minimum absolute atomic E-state index is 0.656. The van der Waals surface area contributed by atoms with Crippen LogP contribution in [0.25, 0.3) is 0 Å². The third kappa shape index (κ3) is 3.23. The summed E-state index contributed by atoms with van der Waals surface area (Å²) in [5, 5.41) is 9.70. The van der Waals surface area contributed by atoms with Crippen molar-refractivity contribution in [3.05, 3.63) is 57.1 Å². The van der Waals surface area contributed by atoms with Gasteiger partial charge in [0.2, 0.25) is 0 Å². The molecule has 0 N–H and O–H groups in total. The highest BCUT2D eigenvalue weighted by atomic mass is 79.9. The van der Waals surface area contributed by atoms with E-state index < -0.39 is 0 Å². The molecule has 102 valence electrons. The van der Waals surface area contributed by atoms with Crippen LogP contribution in [0.2, 0.25) is 0 Å². The Morgan fingerprint density at radius 2 is 1.80 bits per heavy atom. The molecule has 0 aliphatic heterocycles. The molecule has 20 heavy (non-hydrogen) atoms. The number of nitrogens with zero attached hydrogens (tertiary/aromatic N) is 1. The Morgan fingerprint density at radius 1 is 1.15 bits per heavy atom. The SMILES string of the molecule is Cc1cc(C#N)cc(C)c1Oc1ccc(Br)cc1CBr. The summed E-state index contributed by atoms with van der Waals surface area (Å²) in [6.07, 6.45) is 0. The molecule has 2 rings (SSSR count). The Bertz CT molecular complexity index is 666. The first-order chi connectivity index (χ1) is 9.55. The van der Waals surface area contributed by atoms with Gasteiger partial charge in [-0.05, 0) is 55.3 Å². The predicted octanol–water partition coefficient (Wildman–Crippen LogP) is 5.62. The van der Waals surface area contributed by atoms with Crippen LogP contribution in [0.5, 0.6) is 11.5 Å². The van der Waals surface area contributed by atoms with Crippen molar-refractivity contribution in [2.24, 2.45) is 0 Å². The third-order valence-electron chi connectivity index (χ3n) is 2.97. The molecule has 4 heteroatoms. The van der Waals surface area contributed by atoms with Crippen LogP contribution in [0.3, 0.4) is 0 Å². The summed E-state index contributed by atoms with van der Waals surface area (Å²) in [5.74, 6) is 1.63. The lowest BCUT2D eigenvalue weighted by molar-refractivity contribution is 0.471. The molecule has 0 atom stereocenters. The Balaban J connectivity index is 2.43. The van der Waals surface area contributed by atoms with Crippen molar-refractivity contribution in [1.29, 1.82) is 5.26 Å². The van der Waals surface area contributed by atoms with Gasteiger partial charge in [0, 0.05) is 15.4 Å². The summed E-state index contributed by atoms with van der Waals surface area (Å²) in [7, 11) is 0. The van der Waals surface area contributed by atoms with E-state index in [-0.39, 0.29) is 0 Å². The van der Waals surface area contributed by atoms with E-state index in [2.05, 4.69) is 37.9 Å². The van der Waals surface area contributed by atoms with Gasteiger partial charge in [-0.15, -0.1) is 0 Å². The molecule has 0 fully saturated rings. The molecule has 0 radical (unpaired) electrons. The predicted molar refractivity (Wildman–Crippen MR) is 87.5 cm³/mol. The fourth-order valence-electron chi connectivity index (χ4n) is 2.04. The monoisotopic (exact) mass is 393 g/mol. The minimum atomic E-state index is 0.656. The molecule has 2 aromatic carbocycles. The Kier molecular flexibility index (Phi) is 4.85. The van der Waals surface area contributed by atoms with Crippen LogP contribution in [-0.2, 0) is 5.33 Å². The summed E-state index contributed by atoms with van der Waals surface area (Å²) in [4.78, 5) is 0. The first-order valence-electron chi connectivity index (χ1n) is 6.08. The van der Waals surface area contributed by atoms with Crippen LogP contribution in [0.4, 0.5) is 0 Å². The van der Waals surface area contributed by atoms with Gasteiger partial charge in [-0.25, -0.2) is 0 Å². The molecule has 0 aliphatic rings. The van der Waals surface area contributed by atoms with Crippen LogP contribution in [0, 0.1) is 25.2 Å². The number of aryl methyl sites for hydroxylation is 2. The highest BCUT2D eigenvalue weighted by Crippen LogP contribution is 2.33. The summed E-state index contributed by atoms with van der Waals surface area (Å²) < 4.78 is 7.08.